The van der Waals surface area contributed by atoms with Gasteiger partial charge in [-0.25, -0.2) is 4.68 Å². The second-order valence-electron chi connectivity index (χ2n) is 5.10. The number of aromatic nitrogens is 2. The minimum atomic E-state index is -0.888. The second kappa shape index (κ2) is 6.36. The first kappa shape index (κ1) is 15.9. The van der Waals surface area contributed by atoms with Gasteiger partial charge < -0.3 is 10.4 Å². The van der Waals surface area contributed by atoms with E-state index in [2.05, 4.69) is 10.4 Å². The van der Waals surface area contributed by atoms with Gasteiger partial charge >= 0.3 is 11.7 Å². The van der Waals surface area contributed by atoms with Crippen molar-refractivity contribution < 1.29 is 14.8 Å². The van der Waals surface area contributed by atoms with Gasteiger partial charge in [-0.1, -0.05) is 13.8 Å². The minimum absolute atomic E-state index is 0.0108. The van der Waals surface area contributed by atoms with Crippen LogP contribution in [0.1, 0.15) is 45.2 Å². The maximum absolute atomic E-state index is 11.2. The van der Waals surface area contributed by atoms with Crippen molar-refractivity contribution in [1.82, 2.24) is 9.78 Å². The van der Waals surface area contributed by atoms with Gasteiger partial charge in [0, 0.05) is 25.4 Å². The average Bonchev–Trinajstić information content (AvgIpc) is 2.64. The monoisotopic (exact) mass is 284 g/mol. The van der Waals surface area contributed by atoms with Crippen molar-refractivity contribution in [2.45, 2.75) is 45.6 Å². The standard InChI is InChI=1S/C12H20N4O4/c1-7(2)10-11(16(19)20)12(15(4)14-10)13-8(3)5-6-9(17)18/h7-8,13H,5-6H2,1-4H3,(H,17,18). The van der Waals surface area contributed by atoms with Crippen LogP contribution >= 0.6 is 0 Å². The molecule has 1 rings (SSSR count). The lowest BCUT2D eigenvalue weighted by Crippen LogP contribution is -2.19. The summed E-state index contributed by atoms with van der Waals surface area (Å²) in [5.41, 5.74) is 0.384. The van der Waals surface area contributed by atoms with Gasteiger partial charge in [0.25, 0.3) is 0 Å². The molecule has 20 heavy (non-hydrogen) atoms. The predicted octanol–water partition coefficient (Wildman–Crippen LogP) is 2.12. The van der Waals surface area contributed by atoms with Crippen LogP contribution < -0.4 is 5.32 Å². The summed E-state index contributed by atoms with van der Waals surface area (Å²) in [4.78, 5) is 21.3. The minimum Gasteiger partial charge on any atom is -0.481 e. The molecule has 1 atom stereocenters. The summed E-state index contributed by atoms with van der Waals surface area (Å²) in [6.07, 6.45) is 0.394. The highest BCUT2D eigenvalue weighted by Crippen LogP contribution is 2.33. The highest BCUT2D eigenvalue weighted by Gasteiger charge is 2.29. The van der Waals surface area contributed by atoms with E-state index in [1.54, 1.807) is 14.0 Å². The van der Waals surface area contributed by atoms with Crippen molar-refractivity contribution in [2.75, 3.05) is 5.32 Å². The number of anilines is 1. The van der Waals surface area contributed by atoms with E-state index in [0.29, 0.717) is 17.9 Å². The SMILES string of the molecule is CC(CCC(=O)O)Nc1c([N+](=O)[O-])c(C(C)C)nn1C. The van der Waals surface area contributed by atoms with Crippen LogP contribution in [-0.4, -0.2) is 31.8 Å². The Kier molecular flexibility index (Phi) is 5.06. The van der Waals surface area contributed by atoms with E-state index in [9.17, 15) is 14.9 Å². The molecule has 0 saturated heterocycles. The summed E-state index contributed by atoms with van der Waals surface area (Å²) in [5.74, 6) is -0.635. The molecule has 0 radical (unpaired) electrons. The molecule has 0 aliphatic carbocycles. The molecule has 1 aromatic rings. The topological polar surface area (TPSA) is 110 Å². The molecule has 1 heterocycles. The van der Waals surface area contributed by atoms with Crippen LogP contribution in [0, 0.1) is 10.1 Å². The smallest absolute Gasteiger partial charge is 0.334 e. The molecule has 112 valence electrons. The summed E-state index contributed by atoms with van der Waals surface area (Å²) in [7, 11) is 1.63. The first-order valence-corrected chi connectivity index (χ1v) is 6.43. The number of nitro groups is 1. The van der Waals surface area contributed by atoms with Crippen molar-refractivity contribution in [3.8, 4) is 0 Å². The van der Waals surface area contributed by atoms with Gasteiger partial charge in [-0.05, 0) is 13.3 Å². The van der Waals surface area contributed by atoms with Crippen LogP contribution in [0.4, 0.5) is 11.5 Å². The third kappa shape index (κ3) is 3.69. The third-order valence-corrected chi connectivity index (χ3v) is 2.95. The Labute approximate surface area is 116 Å². The number of aliphatic carboxylic acids is 1. The highest BCUT2D eigenvalue weighted by molar-refractivity contribution is 5.67. The number of rotatable bonds is 7. The summed E-state index contributed by atoms with van der Waals surface area (Å²) in [6, 6.07) is -0.194. The van der Waals surface area contributed by atoms with E-state index in [-0.39, 0.29) is 24.1 Å². The van der Waals surface area contributed by atoms with Gasteiger partial charge in [0.1, 0.15) is 5.69 Å². The zero-order chi connectivity index (χ0) is 15.4. The molecule has 0 aromatic carbocycles. The van der Waals surface area contributed by atoms with Crippen molar-refractivity contribution >= 4 is 17.5 Å². The molecule has 0 spiro atoms. The lowest BCUT2D eigenvalue weighted by molar-refractivity contribution is -0.384. The van der Waals surface area contributed by atoms with Gasteiger partial charge in [-0.15, -0.1) is 0 Å². The molecule has 0 aliphatic heterocycles. The molecule has 0 bridgehead atoms. The molecule has 8 nitrogen and oxygen atoms in total. The van der Waals surface area contributed by atoms with E-state index in [4.69, 9.17) is 5.11 Å². The van der Waals surface area contributed by atoms with Crippen molar-refractivity contribution in [3.05, 3.63) is 15.8 Å². The van der Waals surface area contributed by atoms with Crippen molar-refractivity contribution in [1.29, 1.82) is 0 Å². The zero-order valence-corrected chi connectivity index (χ0v) is 12.1. The fourth-order valence-corrected chi connectivity index (χ4v) is 1.91. The highest BCUT2D eigenvalue weighted by atomic mass is 16.6. The maximum Gasteiger partial charge on any atom is 0.334 e. The Balaban J connectivity index is 2.99. The number of nitrogens with zero attached hydrogens (tertiary/aromatic N) is 3. The number of nitrogens with one attached hydrogen (secondary N) is 1. The largest absolute Gasteiger partial charge is 0.481 e. The van der Waals surface area contributed by atoms with Crippen molar-refractivity contribution in [2.24, 2.45) is 7.05 Å². The first-order chi connectivity index (χ1) is 9.23. The van der Waals surface area contributed by atoms with E-state index >= 15 is 0 Å². The summed E-state index contributed by atoms with van der Waals surface area (Å²) < 4.78 is 1.44. The van der Waals surface area contributed by atoms with Crippen molar-refractivity contribution in [3.63, 3.8) is 0 Å². The normalized spacial score (nSPS) is 12.4. The number of aryl methyl sites for hydroxylation is 1. The molecule has 8 heteroatoms. The lowest BCUT2D eigenvalue weighted by Gasteiger charge is -2.13. The van der Waals surface area contributed by atoms with Crippen LogP contribution in [-0.2, 0) is 11.8 Å². The Hall–Kier alpha value is -2.12. The molecular weight excluding hydrogens is 264 g/mol. The maximum atomic E-state index is 11.2. The molecule has 0 aliphatic rings. The second-order valence-corrected chi connectivity index (χ2v) is 5.10. The number of carbonyl (C=O) groups is 1. The van der Waals surface area contributed by atoms with Crippen LogP contribution in [0.5, 0.6) is 0 Å². The number of carboxylic acid groups (broad SMARTS) is 1. The van der Waals surface area contributed by atoms with Crippen LogP contribution in [0.2, 0.25) is 0 Å². The number of carboxylic acids is 1. The van der Waals surface area contributed by atoms with Gasteiger partial charge in [-0.2, -0.15) is 5.10 Å². The summed E-state index contributed by atoms with van der Waals surface area (Å²) in [6.45, 7) is 5.47. The first-order valence-electron chi connectivity index (χ1n) is 6.43. The molecule has 0 fully saturated rings. The van der Waals surface area contributed by atoms with Gasteiger partial charge in [0.05, 0.1) is 4.92 Å². The lowest BCUT2D eigenvalue weighted by atomic mass is 10.1. The molecule has 0 amide bonds. The zero-order valence-electron chi connectivity index (χ0n) is 12.1. The van der Waals surface area contributed by atoms with Gasteiger partial charge in [0.2, 0.25) is 5.82 Å². The molecule has 1 aromatic heterocycles. The third-order valence-electron chi connectivity index (χ3n) is 2.95. The number of hydrogen-bond acceptors (Lipinski definition) is 5. The van der Waals surface area contributed by atoms with E-state index < -0.39 is 10.9 Å². The Morgan fingerprint density at radius 3 is 2.55 bits per heavy atom. The molecule has 2 N–H and O–H groups in total. The van der Waals surface area contributed by atoms with Gasteiger partial charge in [0.15, 0.2) is 0 Å². The fourth-order valence-electron chi connectivity index (χ4n) is 1.91. The van der Waals surface area contributed by atoms with Crippen LogP contribution in [0.15, 0.2) is 0 Å². The Morgan fingerprint density at radius 2 is 2.10 bits per heavy atom. The van der Waals surface area contributed by atoms with Crippen LogP contribution in [0.3, 0.4) is 0 Å². The van der Waals surface area contributed by atoms with E-state index in [1.807, 2.05) is 13.8 Å². The summed E-state index contributed by atoms with van der Waals surface area (Å²) >= 11 is 0. The predicted molar refractivity (Wildman–Crippen MR) is 73.9 cm³/mol. The number of hydrogen-bond donors (Lipinski definition) is 2. The summed E-state index contributed by atoms with van der Waals surface area (Å²) in [5, 5.41) is 27.0. The Morgan fingerprint density at radius 1 is 1.50 bits per heavy atom. The molecular formula is C12H20N4O4. The molecule has 0 saturated carbocycles. The Bertz CT molecular complexity index is 510. The fraction of sp³-hybridized carbons (Fsp3) is 0.667. The average molecular weight is 284 g/mol. The van der Waals surface area contributed by atoms with Gasteiger partial charge in [-0.3, -0.25) is 14.9 Å². The van der Waals surface area contributed by atoms with E-state index in [1.165, 1.54) is 4.68 Å². The van der Waals surface area contributed by atoms with Crippen LogP contribution in [0.25, 0.3) is 0 Å². The molecule has 1 unspecified atom stereocenters. The quantitative estimate of drug-likeness (QED) is 0.586. The van der Waals surface area contributed by atoms with E-state index in [0.717, 1.165) is 0 Å².